The predicted octanol–water partition coefficient (Wildman–Crippen LogP) is 3.35. The van der Waals surface area contributed by atoms with E-state index < -0.39 is 0 Å². The Balaban J connectivity index is 2.32. The van der Waals surface area contributed by atoms with E-state index in [-0.39, 0.29) is 0 Å². The first kappa shape index (κ1) is 7.59. The van der Waals surface area contributed by atoms with Gasteiger partial charge >= 0.3 is 0 Å². The van der Waals surface area contributed by atoms with E-state index in [1.165, 1.54) is 32.1 Å². The lowest BCUT2D eigenvalue weighted by atomic mass is 10.0. The van der Waals surface area contributed by atoms with Gasteiger partial charge in [0.1, 0.15) is 0 Å². The van der Waals surface area contributed by atoms with Crippen molar-refractivity contribution in [2.75, 3.05) is 0 Å². The topological polar surface area (TPSA) is 0 Å². The van der Waals surface area contributed by atoms with Crippen LogP contribution in [0.2, 0.25) is 0 Å². The lowest BCUT2D eigenvalue weighted by Crippen LogP contribution is -2.07. The summed E-state index contributed by atoms with van der Waals surface area (Å²) in [6.07, 6.45) is 7.15. The number of rotatable bonds is 0. The molecule has 54 valence electrons. The maximum absolute atomic E-state index is 3.70. The smallest absolute Gasteiger partial charge is 0.0171 e. The Kier molecular flexibility index (Phi) is 3.03. The zero-order valence-electron chi connectivity index (χ0n) is 6.07. The Labute approximate surface area is 66.2 Å². The van der Waals surface area contributed by atoms with Crippen molar-refractivity contribution in [1.82, 2.24) is 0 Å². The van der Waals surface area contributed by atoms with Crippen molar-refractivity contribution in [2.45, 2.75) is 43.9 Å². The Hall–Kier alpha value is 0.480. The van der Waals surface area contributed by atoms with Crippen molar-refractivity contribution in [1.29, 1.82) is 0 Å². The molecule has 0 heterocycles. The van der Waals surface area contributed by atoms with E-state index in [9.17, 15) is 0 Å². The molecule has 0 aliphatic heterocycles. The van der Waals surface area contributed by atoms with E-state index >= 15 is 0 Å². The van der Waals surface area contributed by atoms with Gasteiger partial charge in [0.25, 0.3) is 0 Å². The first-order chi connectivity index (χ1) is 4.30. The molecular formula is C8H15Br. The van der Waals surface area contributed by atoms with Crippen molar-refractivity contribution in [3.8, 4) is 0 Å². The predicted molar refractivity (Wildman–Crippen MR) is 45.0 cm³/mol. The van der Waals surface area contributed by atoms with E-state index in [1.807, 2.05) is 0 Å². The van der Waals surface area contributed by atoms with E-state index in [2.05, 4.69) is 22.9 Å². The fraction of sp³-hybridized carbons (Fsp3) is 1.00. The van der Waals surface area contributed by atoms with Gasteiger partial charge in [0.05, 0.1) is 0 Å². The highest BCUT2D eigenvalue weighted by Gasteiger charge is 2.15. The van der Waals surface area contributed by atoms with Crippen LogP contribution in [0.25, 0.3) is 0 Å². The average Bonchev–Trinajstić information content (AvgIpc) is 1.99. The number of hydrogen-bond donors (Lipinski definition) is 0. The quantitative estimate of drug-likeness (QED) is 0.407. The van der Waals surface area contributed by atoms with E-state index in [0.29, 0.717) is 0 Å². The summed E-state index contributed by atoms with van der Waals surface area (Å²) in [5.41, 5.74) is 0. The standard InChI is InChI=1S/C8H15Br/c1-7-5-3-2-4-6-8(7)9/h7-8H,2-6H2,1H3/t7-,8+/m0/s1. The molecule has 0 nitrogen and oxygen atoms in total. The van der Waals surface area contributed by atoms with Crippen LogP contribution in [0, 0.1) is 5.92 Å². The van der Waals surface area contributed by atoms with Crippen LogP contribution in [0.3, 0.4) is 0 Å². The molecule has 9 heavy (non-hydrogen) atoms. The minimum absolute atomic E-state index is 0.806. The van der Waals surface area contributed by atoms with E-state index in [0.717, 1.165) is 10.7 Å². The maximum Gasteiger partial charge on any atom is 0.0171 e. The number of alkyl halides is 1. The average molecular weight is 191 g/mol. The molecule has 1 fully saturated rings. The summed E-state index contributed by atoms with van der Waals surface area (Å²) in [4.78, 5) is 0.806. The van der Waals surface area contributed by atoms with Gasteiger partial charge in [0.2, 0.25) is 0 Å². The minimum atomic E-state index is 0.806. The fourth-order valence-corrected chi connectivity index (χ4v) is 2.04. The van der Waals surface area contributed by atoms with Gasteiger partial charge < -0.3 is 0 Å². The second-order valence-corrected chi connectivity index (χ2v) is 4.31. The monoisotopic (exact) mass is 190 g/mol. The third kappa shape index (κ3) is 2.29. The lowest BCUT2D eigenvalue weighted by Gasteiger charge is -2.12. The summed E-state index contributed by atoms with van der Waals surface area (Å²) in [6.45, 7) is 2.35. The Morgan fingerprint density at radius 3 is 2.56 bits per heavy atom. The van der Waals surface area contributed by atoms with Crippen molar-refractivity contribution in [3.05, 3.63) is 0 Å². The largest absolute Gasteiger partial charge is 0.0888 e. The second kappa shape index (κ2) is 3.60. The van der Waals surface area contributed by atoms with Crippen LogP contribution in [-0.4, -0.2) is 4.83 Å². The first-order valence-corrected chi connectivity index (χ1v) is 4.86. The summed E-state index contributed by atoms with van der Waals surface area (Å²) in [7, 11) is 0. The van der Waals surface area contributed by atoms with E-state index in [1.54, 1.807) is 0 Å². The molecule has 2 atom stereocenters. The molecule has 0 aromatic carbocycles. The zero-order chi connectivity index (χ0) is 6.69. The van der Waals surface area contributed by atoms with Gasteiger partial charge in [0, 0.05) is 4.83 Å². The summed E-state index contributed by atoms with van der Waals surface area (Å²) in [6, 6.07) is 0. The van der Waals surface area contributed by atoms with Gasteiger partial charge in [-0.05, 0) is 18.8 Å². The molecule has 0 amide bonds. The molecule has 0 N–H and O–H groups in total. The number of hydrogen-bond acceptors (Lipinski definition) is 0. The van der Waals surface area contributed by atoms with Crippen LogP contribution < -0.4 is 0 Å². The van der Waals surface area contributed by atoms with Crippen LogP contribution in [0.1, 0.15) is 39.0 Å². The lowest BCUT2D eigenvalue weighted by molar-refractivity contribution is 0.524. The Morgan fingerprint density at radius 1 is 1.11 bits per heavy atom. The van der Waals surface area contributed by atoms with Crippen molar-refractivity contribution in [2.24, 2.45) is 5.92 Å². The molecule has 0 unspecified atom stereocenters. The molecule has 0 aromatic rings. The molecule has 1 aliphatic rings. The molecule has 0 aromatic heterocycles. The molecule has 0 bridgehead atoms. The minimum Gasteiger partial charge on any atom is -0.0888 e. The van der Waals surface area contributed by atoms with Crippen molar-refractivity contribution in [3.63, 3.8) is 0 Å². The normalized spacial score (nSPS) is 38.0. The Bertz CT molecular complexity index is 70.6. The van der Waals surface area contributed by atoms with Crippen LogP contribution in [-0.2, 0) is 0 Å². The molecule has 0 spiro atoms. The SMILES string of the molecule is C[C@H]1CCCCC[C@H]1Br. The molecule has 1 saturated carbocycles. The third-order valence-corrected chi connectivity index (χ3v) is 3.62. The summed E-state index contributed by atoms with van der Waals surface area (Å²) in [5, 5.41) is 0. The van der Waals surface area contributed by atoms with Gasteiger partial charge in [0.15, 0.2) is 0 Å². The molecular weight excluding hydrogens is 176 g/mol. The van der Waals surface area contributed by atoms with Crippen LogP contribution >= 0.6 is 15.9 Å². The third-order valence-electron chi connectivity index (χ3n) is 2.26. The van der Waals surface area contributed by atoms with Crippen molar-refractivity contribution < 1.29 is 0 Å². The summed E-state index contributed by atoms with van der Waals surface area (Å²) < 4.78 is 0. The van der Waals surface area contributed by atoms with Crippen LogP contribution in [0.15, 0.2) is 0 Å². The molecule has 1 aliphatic carbocycles. The fourth-order valence-electron chi connectivity index (χ4n) is 1.45. The Morgan fingerprint density at radius 2 is 1.78 bits per heavy atom. The maximum atomic E-state index is 3.70. The van der Waals surface area contributed by atoms with Crippen molar-refractivity contribution >= 4 is 15.9 Å². The first-order valence-electron chi connectivity index (χ1n) is 3.95. The molecule has 0 radical (unpaired) electrons. The van der Waals surface area contributed by atoms with Gasteiger partial charge in [-0.3, -0.25) is 0 Å². The summed E-state index contributed by atoms with van der Waals surface area (Å²) >= 11 is 3.70. The van der Waals surface area contributed by atoms with E-state index in [4.69, 9.17) is 0 Å². The van der Waals surface area contributed by atoms with Gasteiger partial charge in [-0.1, -0.05) is 42.1 Å². The van der Waals surface area contributed by atoms with Crippen LogP contribution in [0.4, 0.5) is 0 Å². The highest BCUT2D eigenvalue weighted by atomic mass is 79.9. The number of halogens is 1. The second-order valence-electron chi connectivity index (χ2n) is 3.13. The zero-order valence-corrected chi connectivity index (χ0v) is 7.65. The van der Waals surface area contributed by atoms with Gasteiger partial charge in [-0.15, -0.1) is 0 Å². The van der Waals surface area contributed by atoms with Crippen LogP contribution in [0.5, 0.6) is 0 Å². The van der Waals surface area contributed by atoms with Gasteiger partial charge in [-0.25, -0.2) is 0 Å². The molecule has 1 heteroatoms. The highest BCUT2D eigenvalue weighted by Crippen LogP contribution is 2.27. The molecule has 0 saturated heterocycles. The molecule has 1 rings (SSSR count). The summed E-state index contributed by atoms with van der Waals surface area (Å²) in [5.74, 6) is 0.910. The van der Waals surface area contributed by atoms with Gasteiger partial charge in [-0.2, -0.15) is 0 Å². The highest BCUT2D eigenvalue weighted by molar-refractivity contribution is 9.09.